The van der Waals surface area contributed by atoms with Crippen molar-refractivity contribution in [2.45, 2.75) is 5.92 Å². The molecular formula is C29H26O6. The highest BCUT2D eigenvalue weighted by atomic mass is 16.6. The van der Waals surface area contributed by atoms with E-state index in [1.54, 1.807) is 0 Å². The van der Waals surface area contributed by atoms with E-state index in [0.29, 0.717) is 11.5 Å². The molecule has 3 aromatic carbocycles. The van der Waals surface area contributed by atoms with Crippen molar-refractivity contribution in [2.75, 3.05) is 26.4 Å². The van der Waals surface area contributed by atoms with Crippen LogP contribution in [0, 0.1) is 0 Å². The van der Waals surface area contributed by atoms with Crippen LogP contribution in [0.5, 0.6) is 11.5 Å². The van der Waals surface area contributed by atoms with Crippen molar-refractivity contribution >= 4 is 11.9 Å². The third-order valence-corrected chi connectivity index (χ3v) is 5.64. The molecule has 0 spiro atoms. The molecule has 1 aliphatic carbocycles. The van der Waals surface area contributed by atoms with E-state index in [-0.39, 0.29) is 32.3 Å². The van der Waals surface area contributed by atoms with Crippen LogP contribution in [0.4, 0.5) is 0 Å². The average Bonchev–Trinajstić information content (AvgIpc) is 3.23. The zero-order valence-corrected chi connectivity index (χ0v) is 19.3. The summed E-state index contributed by atoms with van der Waals surface area (Å²) in [5.74, 6) is 0.174. The van der Waals surface area contributed by atoms with Crippen molar-refractivity contribution < 1.29 is 28.5 Å². The Hall–Kier alpha value is -4.32. The maximum atomic E-state index is 11.4. The lowest BCUT2D eigenvalue weighted by Crippen LogP contribution is -2.13. The second kappa shape index (κ2) is 11.2. The Morgan fingerprint density at radius 3 is 1.80 bits per heavy atom. The Morgan fingerprint density at radius 2 is 1.23 bits per heavy atom. The first-order valence-electron chi connectivity index (χ1n) is 11.3. The summed E-state index contributed by atoms with van der Waals surface area (Å²) in [6, 6.07) is 22.4. The predicted octanol–water partition coefficient (Wildman–Crippen LogP) is 5.06. The standard InChI is InChI=1S/C29H26O6/c1-3-27(30)34-17-15-32-20-13-14-25(26(19-20)33-16-18-35-28(31)4-2)29-23-11-7-5-9-21(23)22-10-6-8-12-24(22)29/h3-14,19,29H,1-2,15-18H2. The number of carbonyl (C=O) groups excluding carboxylic acids is 2. The van der Waals surface area contributed by atoms with E-state index in [0.717, 1.165) is 17.7 Å². The third kappa shape index (κ3) is 5.44. The van der Waals surface area contributed by atoms with Crippen LogP contribution in [0.25, 0.3) is 11.1 Å². The van der Waals surface area contributed by atoms with Crippen LogP contribution < -0.4 is 9.47 Å². The topological polar surface area (TPSA) is 71.1 Å². The molecule has 4 rings (SSSR count). The number of rotatable bonds is 11. The highest BCUT2D eigenvalue weighted by Crippen LogP contribution is 2.50. The Balaban J connectivity index is 1.61. The number of ether oxygens (including phenoxy) is 4. The molecule has 178 valence electrons. The maximum Gasteiger partial charge on any atom is 0.330 e. The fraction of sp³-hybridized carbons (Fsp3) is 0.172. The van der Waals surface area contributed by atoms with Crippen molar-refractivity contribution in [3.8, 4) is 22.6 Å². The van der Waals surface area contributed by atoms with Gasteiger partial charge in [-0.15, -0.1) is 0 Å². The summed E-state index contributed by atoms with van der Waals surface area (Å²) < 4.78 is 21.9. The van der Waals surface area contributed by atoms with Gasteiger partial charge in [-0.1, -0.05) is 67.8 Å². The predicted molar refractivity (Wildman–Crippen MR) is 133 cm³/mol. The van der Waals surface area contributed by atoms with Gasteiger partial charge in [0.2, 0.25) is 0 Å². The molecule has 1 aliphatic rings. The molecule has 35 heavy (non-hydrogen) atoms. The Morgan fingerprint density at radius 1 is 0.686 bits per heavy atom. The molecule has 0 bridgehead atoms. The molecule has 0 atom stereocenters. The minimum atomic E-state index is -0.501. The van der Waals surface area contributed by atoms with Crippen molar-refractivity contribution in [1.29, 1.82) is 0 Å². The largest absolute Gasteiger partial charge is 0.490 e. The van der Waals surface area contributed by atoms with Crippen LogP contribution >= 0.6 is 0 Å². The van der Waals surface area contributed by atoms with E-state index in [2.05, 4.69) is 37.4 Å². The Kier molecular flexibility index (Phi) is 7.63. The van der Waals surface area contributed by atoms with Gasteiger partial charge in [0, 0.05) is 29.7 Å². The van der Waals surface area contributed by atoms with Gasteiger partial charge in [-0.2, -0.15) is 0 Å². The maximum absolute atomic E-state index is 11.4. The minimum Gasteiger partial charge on any atom is -0.490 e. The number of hydrogen-bond donors (Lipinski definition) is 0. The molecule has 0 amide bonds. The van der Waals surface area contributed by atoms with Gasteiger partial charge in [0.05, 0.1) is 0 Å². The van der Waals surface area contributed by atoms with Crippen LogP contribution in [0.1, 0.15) is 22.6 Å². The minimum absolute atomic E-state index is 0.0179. The molecule has 0 unspecified atom stereocenters. The van der Waals surface area contributed by atoms with E-state index in [1.807, 2.05) is 42.5 Å². The fourth-order valence-electron chi connectivity index (χ4n) is 4.17. The molecule has 0 radical (unpaired) electrons. The fourth-order valence-corrected chi connectivity index (χ4v) is 4.17. The summed E-state index contributed by atoms with van der Waals surface area (Å²) in [5.41, 5.74) is 5.76. The van der Waals surface area contributed by atoms with E-state index in [1.165, 1.54) is 22.3 Å². The van der Waals surface area contributed by atoms with E-state index in [4.69, 9.17) is 18.9 Å². The zero-order chi connectivity index (χ0) is 24.6. The SMILES string of the molecule is C=CC(=O)OCCOc1ccc(C2c3ccccc3-c3ccccc32)c(OCCOC(=O)C=C)c1. The molecule has 0 saturated carbocycles. The molecule has 0 fully saturated rings. The number of esters is 2. The number of carbonyl (C=O) groups is 2. The van der Waals surface area contributed by atoms with Gasteiger partial charge in [0.25, 0.3) is 0 Å². The molecule has 3 aromatic rings. The van der Waals surface area contributed by atoms with Crippen LogP contribution in [-0.2, 0) is 19.1 Å². The van der Waals surface area contributed by atoms with Gasteiger partial charge in [-0.3, -0.25) is 0 Å². The van der Waals surface area contributed by atoms with E-state index < -0.39 is 11.9 Å². The second-order valence-corrected chi connectivity index (χ2v) is 7.75. The van der Waals surface area contributed by atoms with E-state index in [9.17, 15) is 9.59 Å². The Labute approximate surface area is 204 Å². The quantitative estimate of drug-likeness (QED) is 0.173. The normalized spacial score (nSPS) is 11.7. The summed E-state index contributed by atoms with van der Waals surface area (Å²) in [5, 5.41) is 0. The van der Waals surface area contributed by atoms with Gasteiger partial charge >= 0.3 is 11.9 Å². The average molecular weight is 471 g/mol. The molecular weight excluding hydrogens is 444 g/mol. The van der Waals surface area contributed by atoms with Crippen LogP contribution in [-0.4, -0.2) is 38.4 Å². The van der Waals surface area contributed by atoms with Crippen molar-refractivity contribution in [1.82, 2.24) is 0 Å². The van der Waals surface area contributed by atoms with Gasteiger partial charge in [-0.25, -0.2) is 9.59 Å². The number of benzene rings is 3. The summed E-state index contributed by atoms with van der Waals surface area (Å²) in [4.78, 5) is 22.6. The molecule has 0 saturated heterocycles. The van der Waals surface area contributed by atoms with Crippen molar-refractivity contribution in [2.24, 2.45) is 0 Å². The van der Waals surface area contributed by atoms with Crippen molar-refractivity contribution in [3.05, 3.63) is 109 Å². The highest BCUT2D eigenvalue weighted by Gasteiger charge is 2.31. The third-order valence-electron chi connectivity index (χ3n) is 5.64. The van der Waals surface area contributed by atoms with Crippen LogP contribution in [0.3, 0.4) is 0 Å². The first-order chi connectivity index (χ1) is 17.1. The Bertz CT molecular complexity index is 1200. The summed E-state index contributed by atoms with van der Waals surface area (Å²) in [6.07, 6.45) is 2.22. The molecule has 0 aromatic heterocycles. The van der Waals surface area contributed by atoms with Crippen molar-refractivity contribution in [3.63, 3.8) is 0 Å². The molecule has 0 heterocycles. The highest BCUT2D eigenvalue weighted by molar-refractivity contribution is 5.82. The summed E-state index contributed by atoms with van der Waals surface area (Å²) in [7, 11) is 0. The lowest BCUT2D eigenvalue weighted by molar-refractivity contribution is -0.139. The van der Waals surface area contributed by atoms with Gasteiger partial charge < -0.3 is 18.9 Å². The van der Waals surface area contributed by atoms with E-state index >= 15 is 0 Å². The second-order valence-electron chi connectivity index (χ2n) is 7.75. The molecule has 6 nitrogen and oxygen atoms in total. The number of fused-ring (bicyclic) bond motifs is 3. The molecule has 0 N–H and O–H groups in total. The number of hydrogen-bond acceptors (Lipinski definition) is 6. The van der Waals surface area contributed by atoms with Gasteiger partial charge in [0.15, 0.2) is 0 Å². The molecule has 6 heteroatoms. The van der Waals surface area contributed by atoms with Gasteiger partial charge in [-0.05, 0) is 28.3 Å². The summed E-state index contributed by atoms with van der Waals surface area (Å²) in [6.45, 7) is 7.32. The lowest BCUT2D eigenvalue weighted by atomic mass is 9.88. The monoisotopic (exact) mass is 470 g/mol. The summed E-state index contributed by atoms with van der Waals surface area (Å²) >= 11 is 0. The smallest absolute Gasteiger partial charge is 0.330 e. The lowest BCUT2D eigenvalue weighted by Gasteiger charge is -2.20. The first kappa shape index (κ1) is 23.8. The van der Waals surface area contributed by atoms with Gasteiger partial charge in [0.1, 0.15) is 37.9 Å². The van der Waals surface area contributed by atoms with Crippen LogP contribution in [0.15, 0.2) is 92.0 Å². The zero-order valence-electron chi connectivity index (χ0n) is 19.3. The first-order valence-corrected chi connectivity index (χ1v) is 11.3. The van der Waals surface area contributed by atoms with Crippen LogP contribution in [0.2, 0.25) is 0 Å². The molecule has 0 aliphatic heterocycles.